The average Bonchev–Trinajstić information content (AvgIpc) is 2.99. The van der Waals surface area contributed by atoms with Gasteiger partial charge in [-0.1, -0.05) is 48.5 Å². The molecule has 2 N–H and O–H groups in total. The van der Waals surface area contributed by atoms with Gasteiger partial charge in [-0.15, -0.1) is 0 Å². The van der Waals surface area contributed by atoms with Crippen LogP contribution in [0.5, 0.6) is 0 Å². The first-order chi connectivity index (χ1) is 12.1. The molecule has 25 heavy (non-hydrogen) atoms. The summed E-state index contributed by atoms with van der Waals surface area (Å²) in [6.45, 7) is 4.22. The Balaban J connectivity index is 1.77. The van der Waals surface area contributed by atoms with Crippen LogP contribution in [-0.2, 0) is 0 Å². The summed E-state index contributed by atoms with van der Waals surface area (Å²) in [5, 5.41) is 6.15. The maximum Gasteiger partial charge on any atom is 0.319 e. The first-order valence-corrected chi connectivity index (χ1v) is 8.76. The van der Waals surface area contributed by atoms with E-state index in [-0.39, 0.29) is 12.1 Å². The summed E-state index contributed by atoms with van der Waals surface area (Å²) in [6, 6.07) is 16.5. The van der Waals surface area contributed by atoms with Crippen LogP contribution in [0.4, 0.5) is 4.79 Å². The van der Waals surface area contributed by atoms with Gasteiger partial charge >= 0.3 is 6.03 Å². The monoisotopic (exact) mass is 330 g/mol. The minimum absolute atomic E-state index is 0.0345. The van der Waals surface area contributed by atoms with Crippen LogP contribution in [0.25, 0.3) is 6.08 Å². The number of hydrogen-bond acceptors (Lipinski definition) is 1. The van der Waals surface area contributed by atoms with Crippen molar-refractivity contribution in [1.82, 2.24) is 10.6 Å². The number of aryl methyl sites for hydroxylation is 2. The molecule has 1 aliphatic carbocycles. The summed E-state index contributed by atoms with van der Waals surface area (Å²) in [5.41, 5.74) is 8.37. The van der Waals surface area contributed by atoms with E-state index in [1.54, 1.807) is 0 Å². The lowest BCUT2D eigenvalue weighted by atomic mass is 9.93. The van der Waals surface area contributed by atoms with Gasteiger partial charge in [-0.05, 0) is 66.2 Å². The summed E-state index contributed by atoms with van der Waals surface area (Å²) in [5.74, 6) is 0. The first kappa shape index (κ1) is 15.7. The molecule has 0 aromatic heterocycles. The Morgan fingerprint density at radius 1 is 0.960 bits per heavy atom. The van der Waals surface area contributed by atoms with Crippen molar-refractivity contribution in [3.8, 4) is 0 Å². The molecule has 0 radical (unpaired) electrons. The number of urea groups is 1. The van der Waals surface area contributed by atoms with E-state index in [9.17, 15) is 4.79 Å². The molecular formula is C22H22N2O. The molecule has 1 aliphatic heterocycles. The van der Waals surface area contributed by atoms with E-state index in [2.05, 4.69) is 67.0 Å². The van der Waals surface area contributed by atoms with E-state index in [1.807, 2.05) is 12.1 Å². The molecule has 2 aromatic carbocycles. The molecule has 1 atom stereocenters. The Morgan fingerprint density at radius 2 is 1.68 bits per heavy atom. The summed E-state index contributed by atoms with van der Waals surface area (Å²) < 4.78 is 0. The van der Waals surface area contributed by atoms with E-state index in [1.165, 1.54) is 33.4 Å². The van der Waals surface area contributed by atoms with Crippen LogP contribution in [-0.4, -0.2) is 6.03 Å². The highest BCUT2D eigenvalue weighted by atomic mass is 16.2. The number of nitrogens with one attached hydrogen (secondary N) is 2. The Bertz CT molecular complexity index is 908. The highest BCUT2D eigenvalue weighted by Gasteiger charge is 2.33. The van der Waals surface area contributed by atoms with Crippen LogP contribution in [0.3, 0.4) is 0 Å². The Morgan fingerprint density at radius 3 is 2.44 bits per heavy atom. The third-order valence-corrected chi connectivity index (χ3v) is 5.19. The summed E-state index contributed by atoms with van der Waals surface area (Å²) in [7, 11) is 0. The number of carbonyl (C=O) groups is 1. The van der Waals surface area contributed by atoms with Gasteiger partial charge in [-0.25, -0.2) is 4.79 Å². The van der Waals surface area contributed by atoms with Gasteiger partial charge in [0.1, 0.15) is 0 Å². The van der Waals surface area contributed by atoms with Crippen molar-refractivity contribution in [2.75, 3.05) is 0 Å². The van der Waals surface area contributed by atoms with Crippen LogP contribution >= 0.6 is 0 Å². The first-order valence-electron chi connectivity index (χ1n) is 8.76. The third-order valence-electron chi connectivity index (χ3n) is 5.19. The van der Waals surface area contributed by atoms with Crippen molar-refractivity contribution in [2.45, 2.75) is 32.7 Å². The second-order valence-corrected chi connectivity index (χ2v) is 6.81. The maximum absolute atomic E-state index is 12.3. The maximum atomic E-state index is 12.3. The topological polar surface area (TPSA) is 41.1 Å². The SMILES string of the molecule is Cc1ccccc1/C=C1/CCC2=C1NC(=O)NC2c1ccccc1C. The third kappa shape index (κ3) is 2.86. The molecule has 0 bridgehead atoms. The van der Waals surface area contributed by atoms with Crippen LogP contribution in [0, 0.1) is 13.8 Å². The highest BCUT2D eigenvalue weighted by Crippen LogP contribution is 2.41. The summed E-state index contributed by atoms with van der Waals surface area (Å²) >= 11 is 0. The van der Waals surface area contributed by atoms with Gasteiger partial charge in [-0.2, -0.15) is 0 Å². The number of amides is 2. The minimum atomic E-state index is -0.121. The van der Waals surface area contributed by atoms with Gasteiger partial charge in [-0.3, -0.25) is 0 Å². The van der Waals surface area contributed by atoms with Crippen molar-refractivity contribution >= 4 is 12.1 Å². The molecule has 3 nitrogen and oxygen atoms in total. The summed E-state index contributed by atoms with van der Waals surface area (Å²) in [4.78, 5) is 12.3. The fourth-order valence-corrected chi connectivity index (χ4v) is 3.80. The molecule has 1 unspecified atom stereocenters. The zero-order valence-electron chi connectivity index (χ0n) is 14.6. The van der Waals surface area contributed by atoms with Crippen LogP contribution in [0.15, 0.2) is 65.4 Å². The second kappa shape index (κ2) is 6.25. The van der Waals surface area contributed by atoms with Gasteiger partial charge in [0, 0.05) is 5.70 Å². The molecule has 1 heterocycles. The zero-order valence-corrected chi connectivity index (χ0v) is 14.6. The lowest BCUT2D eigenvalue weighted by Gasteiger charge is -2.28. The number of hydrogen-bond donors (Lipinski definition) is 2. The normalized spacial score (nSPS) is 21.1. The Labute approximate surface area is 148 Å². The molecule has 2 amide bonds. The Kier molecular flexibility index (Phi) is 3.92. The molecule has 2 aromatic rings. The number of rotatable bonds is 2. The van der Waals surface area contributed by atoms with Crippen molar-refractivity contribution in [2.24, 2.45) is 0 Å². The standard InChI is InChI=1S/C22H22N2O/c1-14-7-3-5-9-16(14)13-17-11-12-19-20(17)23-22(25)24-21(19)18-10-6-4-8-15(18)2/h3-10,13,21H,11-12H2,1-2H3,(H2,23,24,25)/b17-13-. The predicted molar refractivity (Wildman–Crippen MR) is 101 cm³/mol. The van der Waals surface area contributed by atoms with Crippen molar-refractivity contribution in [1.29, 1.82) is 0 Å². The number of carbonyl (C=O) groups excluding carboxylic acids is 1. The average molecular weight is 330 g/mol. The second-order valence-electron chi connectivity index (χ2n) is 6.81. The number of allylic oxidation sites excluding steroid dienone is 1. The van der Waals surface area contributed by atoms with E-state index in [4.69, 9.17) is 0 Å². The fraction of sp³-hybridized carbons (Fsp3) is 0.227. The molecular weight excluding hydrogens is 308 g/mol. The summed E-state index contributed by atoms with van der Waals surface area (Å²) in [6.07, 6.45) is 4.15. The lowest BCUT2D eigenvalue weighted by molar-refractivity contribution is 0.239. The predicted octanol–water partition coefficient (Wildman–Crippen LogP) is 4.79. The molecule has 0 saturated carbocycles. The van der Waals surface area contributed by atoms with Crippen molar-refractivity contribution in [3.05, 3.63) is 87.6 Å². The van der Waals surface area contributed by atoms with E-state index >= 15 is 0 Å². The quantitative estimate of drug-likeness (QED) is 0.817. The fourth-order valence-electron chi connectivity index (χ4n) is 3.80. The number of benzene rings is 2. The van der Waals surface area contributed by atoms with E-state index in [0.717, 1.165) is 18.5 Å². The van der Waals surface area contributed by atoms with E-state index < -0.39 is 0 Å². The molecule has 4 rings (SSSR count). The lowest BCUT2D eigenvalue weighted by Crippen LogP contribution is -2.43. The molecule has 0 fully saturated rings. The van der Waals surface area contributed by atoms with Crippen molar-refractivity contribution < 1.29 is 4.79 Å². The minimum Gasteiger partial charge on any atom is -0.327 e. The van der Waals surface area contributed by atoms with Gasteiger partial charge in [0.25, 0.3) is 0 Å². The zero-order chi connectivity index (χ0) is 17.4. The smallest absolute Gasteiger partial charge is 0.319 e. The van der Waals surface area contributed by atoms with Gasteiger partial charge in [0.15, 0.2) is 0 Å². The largest absolute Gasteiger partial charge is 0.327 e. The molecule has 0 spiro atoms. The highest BCUT2D eigenvalue weighted by molar-refractivity contribution is 5.82. The molecule has 126 valence electrons. The van der Waals surface area contributed by atoms with Gasteiger partial charge in [0.05, 0.1) is 6.04 Å². The molecule has 2 aliphatic rings. The van der Waals surface area contributed by atoms with Gasteiger partial charge in [0.2, 0.25) is 0 Å². The van der Waals surface area contributed by atoms with E-state index in [0.29, 0.717) is 0 Å². The van der Waals surface area contributed by atoms with Gasteiger partial charge < -0.3 is 10.6 Å². The molecule has 0 saturated heterocycles. The van der Waals surface area contributed by atoms with Crippen LogP contribution in [0.2, 0.25) is 0 Å². The Hall–Kier alpha value is -2.81. The van der Waals surface area contributed by atoms with Crippen molar-refractivity contribution in [3.63, 3.8) is 0 Å². The van der Waals surface area contributed by atoms with Crippen LogP contribution < -0.4 is 10.6 Å². The van der Waals surface area contributed by atoms with Crippen LogP contribution in [0.1, 0.15) is 41.1 Å². The molecule has 3 heteroatoms.